The van der Waals surface area contributed by atoms with Gasteiger partial charge in [0, 0.05) is 17.8 Å². The summed E-state index contributed by atoms with van der Waals surface area (Å²) < 4.78 is 55.3. The molecular formula is C20H18F4N4O3. The number of aromatic hydroxyl groups is 1. The molecule has 1 amide bonds. The first-order valence-corrected chi connectivity index (χ1v) is 9.09. The van der Waals surface area contributed by atoms with Crippen molar-refractivity contribution in [3.63, 3.8) is 0 Å². The zero-order valence-electron chi connectivity index (χ0n) is 16.7. The topological polar surface area (TPSA) is 89.2 Å². The van der Waals surface area contributed by atoms with Crippen molar-refractivity contribution >= 4 is 11.6 Å². The Bertz CT molecular complexity index is 1210. The molecular weight excluding hydrogens is 420 g/mol. The lowest BCUT2D eigenvalue weighted by molar-refractivity contribution is -0.137. The molecule has 0 fully saturated rings. The van der Waals surface area contributed by atoms with Gasteiger partial charge in [0.2, 0.25) is 0 Å². The molecule has 2 aromatic carbocycles. The number of nitrogens with zero attached hydrogens (tertiary/aromatic N) is 3. The van der Waals surface area contributed by atoms with Crippen LogP contribution in [0.25, 0.3) is 5.69 Å². The number of aromatic nitrogens is 3. The SMILES string of the molecule is Cc1nn(-c2cc(O)c(C(=O)Nc3cccc(C(F)(F)F)c3)cc2F)c(=O)n1C(C)C. The predicted molar refractivity (Wildman–Crippen MR) is 104 cm³/mol. The van der Waals surface area contributed by atoms with Crippen molar-refractivity contribution < 1.29 is 27.5 Å². The van der Waals surface area contributed by atoms with Gasteiger partial charge < -0.3 is 10.4 Å². The Kier molecular flexibility index (Phi) is 5.62. The normalized spacial score (nSPS) is 11.7. The quantitative estimate of drug-likeness (QED) is 0.602. The third-order valence-electron chi connectivity index (χ3n) is 4.48. The second-order valence-corrected chi connectivity index (χ2v) is 7.06. The average molecular weight is 438 g/mol. The van der Waals surface area contributed by atoms with Gasteiger partial charge in [0.15, 0.2) is 0 Å². The number of phenols is 1. The Hall–Kier alpha value is -3.63. The van der Waals surface area contributed by atoms with E-state index in [-0.39, 0.29) is 17.4 Å². The molecule has 7 nitrogen and oxygen atoms in total. The van der Waals surface area contributed by atoms with Gasteiger partial charge in [-0.15, -0.1) is 0 Å². The fraction of sp³-hybridized carbons (Fsp3) is 0.250. The van der Waals surface area contributed by atoms with Crippen molar-refractivity contribution in [2.75, 3.05) is 5.32 Å². The van der Waals surface area contributed by atoms with Crippen LogP contribution < -0.4 is 11.0 Å². The Balaban J connectivity index is 1.95. The minimum Gasteiger partial charge on any atom is -0.507 e. The highest BCUT2D eigenvalue weighted by molar-refractivity contribution is 6.06. The van der Waals surface area contributed by atoms with Crippen LogP contribution in [0, 0.1) is 12.7 Å². The number of carbonyl (C=O) groups excluding carboxylic acids is 1. The van der Waals surface area contributed by atoms with Gasteiger partial charge in [-0.05, 0) is 45.0 Å². The van der Waals surface area contributed by atoms with Gasteiger partial charge in [-0.1, -0.05) is 6.07 Å². The molecule has 2 N–H and O–H groups in total. The van der Waals surface area contributed by atoms with Crippen molar-refractivity contribution in [1.82, 2.24) is 14.3 Å². The van der Waals surface area contributed by atoms with Gasteiger partial charge in [-0.2, -0.15) is 23.0 Å². The summed E-state index contributed by atoms with van der Waals surface area (Å²) in [5, 5.41) is 16.4. The Morgan fingerprint density at radius 2 is 1.87 bits per heavy atom. The molecule has 0 saturated carbocycles. The van der Waals surface area contributed by atoms with E-state index in [1.807, 2.05) is 0 Å². The standard InChI is InChI=1S/C20H18F4N4O3/c1-10(2)27-11(3)26-28(19(27)31)16-9-17(29)14(8-15(16)21)18(30)25-13-6-4-5-12(7-13)20(22,23)24/h4-10,29H,1-3H3,(H,25,30). The molecule has 1 aromatic heterocycles. The fourth-order valence-corrected chi connectivity index (χ4v) is 3.09. The largest absolute Gasteiger partial charge is 0.507 e. The lowest BCUT2D eigenvalue weighted by atomic mass is 10.1. The highest BCUT2D eigenvalue weighted by atomic mass is 19.4. The Labute approximate surface area is 173 Å². The summed E-state index contributed by atoms with van der Waals surface area (Å²) in [4.78, 5) is 24.9. The molecule has 3 rings (SSSR count). The number of benzene rings is 2. The molecule has 0 saturated heterocycles. The van der Waals surface area contributed by atoms with Gasteiger partial charge in [0.1, 0.15) is 23.1 Å². The van der Waals surface area contributed by atoms with E-state index in [0.717, 1.165) is 22.9 Å². The number of carbonyl (C=O) groups is 1. The number of hydrogen-bond donors (Lipinski definition) is 2. The maximum absolute atomic E-state index is 14.7. The number of phenolic OH excluding ortho intramolecular Hbond substituents is 1. The molecule has 3 aromatic rings. The van der Waals surface area contributed by atoms with Crippen LogP contribution in [-0.2, 0) is 6.18 Å². The summed E-state index contributed by atoms with van der Waals surface area (Å²) in [6.07, 6.45) is -4.61. The van der Waals surface area contributed by atoms with Crippen molar-refractivity contribution in [2.24, 2.45) is 0 Å². The first kappa shape index (κ1) is 22.1. The third kappa shape index (κ3) is 4.30. The van der Waals surface area contributed by atoms with Crippen LogP contribution in [0.15, 0.2) is 41.2 Å². The molecule has 0 atom stereocenters. The number of hydrogen-bond acceptors (Lipinski definition) is 4. The van der Waals surface area contributed by atoms with Crippen molar-refractivity contribution in [1.29, 1.82) is 0 Å². The van der Waals surface area contributed by atoms with Gasteiger partial charge in [0.25, 0.3) is 5.91 Å². The van der Waals surface area contributed by atoms with E-state index in [1.54, 1.807) is 20.8 Å². The van der Waals surface area contributed by atoms with Gasteiger partial charge in [-0.25, -0.2) is 9.18 Å². The van der Waals surface area contributed by atoms with Gasteiger partial charge in [-0.3, -0.25) is 9.36 Å². The summed E-state index contributed by atoms with van der Waals surface area (Å²) in [6, 6.07) is 5.16. The molecule has 0 aliphatic carbocycles. The summed E-state index contributed by atoms with van der Waals surface area (Å²) in [7, 11) is 0. The van der Waals surface area contributed by atoms with E-state index in [9.17, 15) is 32.3 Å². The molecule has 0 spiro atoms. The van der Waals surface area contributed by atoms with Crippen molar-refractivity contribution in [3.05, 3.63) is 69.7 Å². The average Bonchev–Trinajstić information content (AvgIpc) is 2.96. The zero-order valence-corrected chi connectivity index (χ0v) is 16.7. The zero-order chi connectivity index (χ0) is 23.1. The molecule has 31 heavy (non-hydrogen) atoms. The highest BCUT2D eigenvalue weighted by Crippen LogP contribution is 2.31. The lowest BCUT2D eigenvalue weighted by Crippen LogP contribution is -2.26. The summed E-state index contributed by atoms with van der Waals surface area (Å²) in [5.41, 5.74) is -2.70. The summed E-state index contributed by atoms with van der Waals surface area (Å²) in [5.74, 6) is -2.41. The highest BCUT2D eigenvalue weighted by Gasteiger charge is 2.30. The van der Waals surface area contributed by atoms with Crippen LogP contribution >= 0.6 is 0 Å². The maximum Gasteiger partial charge on any atom is 0.416 e. The molecule has 0 radical (unpaired) electrons. The van der Waals surface area contributed by atoms with Crippen LogP contribution in [0.1, 0.15) is 41.6 Å². The van der Waals surface area contributed by atoms with E-state index in [4.69, 9.17) is 0 Å². The number of rotatable bonds is 4. The minimum absolute atomic E-state index is 0.189. The Morgan fingerprint density at radius 1 is 1.19 bits per heavy atom. The number of nitrogens with one attached hydrogen (secondary N) is 1. The number of halogens is 4. The van der Waals surface area contributed by atoms with E-state index in [0.29, 0.717) is 18.0 Å². The first-order valence-electron chi connectivity index (χ1n) is 9.09. The van der Waals surface area contributed by atoms with E-state index in [1.165, 1.54) is 10.6 Å². The molecule has 11 heteroatoms. The predicted octanol–water partition coefficient (Wildman–Crippen LogP) is 4.04. The second-order valence-electron chi connectivity index (χ2n) is 7.06. The van der Waals surface area contributed by atoms with Gasteiger partial charge in [0.05, 0.1) is 11.1 Å². The minimum atomic E-state index is -4.61. The van der Waals surface area contributed by atoms with Crippen LogP contribution in [0.4, 0.5) is 23.2 Å². The third-order valence-corrected chi connectivity index (χ3v) is 4.48. The van der Waals surface area contributed by atoms with E-state index < -0.39 is 40.5 Å². The molecule has 0 aliphatic rings. The number of alkyl halides is 3. The van der Waals surface area contributed by atoms with Gasteiger partial charge >= 0.3 is 11.9 Å². The van der Waals surface area contributed by atoms with Crippen molar-refractivity contribution in [3.8, 4) is 11.4 Å². The lowest BCUT2D eigenvalue weighted by Gasteiger charge is -2.11. The summed E-state index contributed by atoms with van der Waals surface area (Å²) >= 11 is 0. The number of anilines is 1. The molecule has 1 heterocycles. The smallest absolute Gasteiger partial charge is 0.416 e. The number of aryl methyl sites for hydroxylation is 1. The van der Waals surface area contributed by atoms with E-state index in [2.05, 4.69) is 10.4 Å². The fourth-order valence-electron chi connectivity index (χ4n) is 3.09. The molecule has 0 bridgehead atoms. The maximum atomic E-state index is 14.7. The summed E-state index contributed by atoms with van der Waals surface area (Å²) in [6.45, 7) is 5.05. The van der Waals surface area contributed by atoms with E-state index >= 15 is 0 Å². The van der Waals surface area contributed by atoms with Crippen LogP contribution in [0.2, 0.25) is 0 Å². The van der Waals surface area contributed by atoms with Crippen molar-refractivity contribution in [2.45, 2.75) is 33.0 Å². The molecule has 164 valence electrons. The first-order chi connectivity index (χ1) is 14.4. The van der Waals surface area contributed by atoms with Crippen LogP contribution in [0.5, 0.6) is 5.75 Å². The van der Waals surface area contributed by atoms with Crippen LogP contribution in [-0.4, -0.2) is 25.4 Å². The second kappa shape index (κ2) is 7.89. The number of amides is 1. The monoisotopic (exact) mass is 438 g/mol. The Morgan fingerprint density at radius 3 is 2.45 bits per heavy atom. The molecule has 0 unspecified atom stereocenters. The molecule has 0 aliphatic heterocycles. The van der Waals surface area contributed by atoms with Crippen LogP contribution in [0.3, 0.4) is 0 Å².